The van der Waals surface area contributed by atoms with Crippen molar-refractivity contribution in [3.05, 3.63) is 40.1 Å². The van der Waals surface area contributed by atoms with Crippen LogP contribution < -0.4 is 5.73 Å². The molecule has 5 nitrogen and oxygen atoms in total. The van der Waals surface area contributed by atoms with Crippen LogP contribution in [0.2, 0.25) is 0 Å². The number of carbonyl (C=O) groups excluding carboxylic acids is 1. The summed E-state index contributed by atoms with van der Waals surface area (Å²) in [5, 5.41) is 1.84. The van der Waals surface area contributed by atoms with E-state index in [4.69, 9.17) is 5.73 Å². The lowest BCUT2D eigenvalue weighted by atomic mass is 9.99. The maximum absolute atomic E-state index is 11.1. The third-order valence-electron chi connectivity index (χ3n) is 3.97. The van der Waals surface area contributed by atoms with Gasteiger partial charge in [-0.15, -0.1) is 11.3 Å². The SMILES string of the molecule is CN(Cc1cc(C(N)=O)cs1)C[C@@H]1CCc2nccn2C1. The van der Waals surface area contributed by atoms with Gasteiger partial charge in [-0.1, -0.05) is 0 Å². The number of amides is 1. The number of carbonyl (C=O) groups is 1. The van der Waals surface area contributed by atoms with E-state index in [0.29, 0.717) is 11.5 Å². The van der Waals surface area contributed by atoms with Crippen molar-refractivity contribution in [3.63, 3.8) is 0 Å². The van der Waals surface area contributed by atoms with Crippen molar-refractivity contribution >= 4 is 17.2 Å². The Morgan fingerprint density at radius 3 is 3.24 bits per heavy atom. The molecule has 21 heavy (non-hydrogen) atoms. The van der Waals surface area contributed by atoms with Gasteiger partial charge < -0.3 is 15.2 Å². The van der Waals surface area contributed by atoms with Crippen LogP contribution in [0.25, 0.3) is 0 Å². The van der Waals surface area contributed by atoms with Gasteiger partial charge in [0.15, 0.2) is 0 Å². The van der Waals surface area contributed by atoms with E-state index in [-0.39, 0.29) is 5.91 Å². The lowest BCUT2D eigenvalue weighted by Crippen LogP contribution is -2.31. The first-order valence-electron chi connectivity index (χ1n) is 7.17. The smallest absolute Gasteiger partial charge is 0.249 e. The van der Waals surface area contributed by atoms with Crippen LogP contribution in [0.1, 0.15) is 27.5 Å². The van der Waals surface area contributed by atoms with E-state index >= 15 is 0 Å². The number of hydrogen-bond acceptors (Lipinski definition) is 4. The Balaban J connectivity index is 1.54. The number of nitrogens with two attached hydrogens (primary N) is 1. The van der Waals surface area contributed by atoms with Crippen LogP contribution in [-0.2, 0) is 19.5 Å². The molecule has 2 aromatic heterocycles. The van der Waals surface area contributed by atoms with E-state index < -0.39 is 0 Å². The fourth-order valence-electron chi connectivity index (χ4n) is 2.95. The van der Waals surface area contributed by atoms with Gasteiger partial charge in [0.1, 0.15) is 5.82 Å². The van der Waals surface area contributed by atoms with Gasteiger partial charge >= 0.3 is 0 Å². The minimum atomic E-state index is -0.347. The first-order valence-corrected chi connectivity index (χ1v) is 8.05. The van der Waals surface area contributed by atoms with Crippen molar-refractivity contribution in [1.29, 1.82) is 0 Å². The van der Waals surface area contributed by atoms with E-state index in [1.165, 1.54) is 17.1 Å². The molecule has 1 amide bonds. The second-order valence-electron chi connectivity index (χ2n) is 5.76. The summed E-state index contributed by atoms with van der Waals surface area (Å²) < 4.78 is 2.26. The Bertz CT molecular complexity index is 633. The van der Waals surface area contributed by atoms with Crippen molar-refractivity contribution in [2.45, 2.75) is 25.9 Å². The molecule has 0 bridgehead atoms. The first-order chi connectivity index (χ1) is 10.1. The average molecular weight is 304 g/mol. The van der Waals surface area contributed by atoms with Gasteiger partial charge in [-0.25, -0.2) is 4.98 Å². The molecule has 1 aliphatic heterocycles. The van der Waals surface area contributed by atoms with Gasteiger partial charge in [0.2, 0.25) is 5.91 Å². The molecule has 6 heteroatoms. The van der Waals surface area contributed by atoms with Gasteiger partial charge in [-0.2, -0.15) is 0 Å². The highest BCUT2D eigenvalue weighted by Crippen LogP contribution is 2.21. The Morgan fingerprint density at radius 2 is 2.48 bits per heavy atom. The molecule has 0 aromatic carbocycles. The van der Waals surface area contributed by atoms with Gasteiger partial charge in [0.05, 0.1) is 5.56 Å². The van der Waals surface area contributed by atoms with Gasteiger partial charge in [-0.05, 0) is 25.5 Å². The maximum atomic E-state index is 11.1. The highest BCUT2D eigenvalue weighted by atomic mass is 32.1. The predicted octanol–water partition coefficient (Wildman–Crippen LogP) is 1.74. The number of nitrogens with zero attached hydrogens (tertiary/aromatic N) is 3. The Morgan fingerprint density at radius 1 is 1.62 bits per heavy atom. The monoisotopic (exact) mass is 304 g/mol. The molecule has 2 N–H and O–H groups in total. The number of fused-ring (bicyclic) bond motifs is 1. The second-order valence-corrected chi connectivity index (χ2v) is 6.76. The fourth-order valence-corrected chi connectivity index (χ4v) is 3.90. The summed E-state index contributed by atoms with van der Waals surface area (Å²) in [6, 6.07) is 1.90. The van der Waals surface area contributed by atoms with Crippen LogP contribution in [0.15, 0.2) is 23.8 Å². The van der Waals surface area contributed by atoms with E-state index in [2.05, 4.69) is 27.7 Å². The summed E-state index contributed by atoms with van der Waals surface area (Å²) in [7, 11) is 2.13. The van der Waals surface area contributed by atoms with Gasteiger partial charge in [0, 0.05) is 48.7 Å². The second kappa shape index (κ2) is 5.99. The number of hydrogen-bond donors (Lipinski definition) is 1. The minimum absolute atomic E-state index is 0.347. The molecule has 0 saturated carbocycles. The predicted molar refractivity (Wildman–Crippen MR) is 83.2 cm³/mol. The fraction of sp³-hybridized carbons (Fsp3) is 0.467. The van der Waals surface area contributed by atoms with Crippen LogP contribution in [0.5, 0.6) is 0 Å². The third-order valence-corrected chi connectivity index (χ3v) is 4.89. The van der Waals surface area contributed by atoms with E-state index in [9.17, 15) is 4.79 Å². The summed E-state index contributed by atoms with van der Waals surface area (Å²) in [6.07, 6.45) is 6.22. The molecule has 3 heterocycles. The van der Waals surface area contributed by atoms with Crippen molar-refractivity contribution < 1.29 is 4.79 Å². The molecule has 0 saturated heterocycles. The van der Waals surface area contributed by atoms with E-state index in [1.54, 1.807) is 11.3 Å². The Hall–Kier alpha value is -1.66. The van der Waals surface area contributed by atoms with Crippen molar-refractivity contribution in [2.75, 3.05) is 13.6 Å². The number of aromatic nitrogens is 2. The van der Waals surface area contributed by atoms with E-state index in [1.807, 2.05) is 17.6 Å². The standard InChI is InChI=1S/C15H20N4OS/c1-18(9-13-6-12(10-21-13)15(16)20)7-11-2-3-14-17-4-5-19(14)8-11/h4-6,10-11H,2-3,7-9H2,1H3,(H2,16,20)/t11-/m0/s1. The van der Waals surface area contributed by atoms with Crippen molar-refractivity contribution in [2.24, 2.45) is 11.7 Å². The molecule has 0 unspecified atom stereocenters. The average Bonchev–Trinajstić information content (AvgIpc) is 3.06. The van der Waals surface area contributed by atoms with Crippen LogP contribution >= 0.6 is 11.3 Å². The summed E-state index contributed by atoms with van der Waals surface area (Å²) in [5.41, 5.74) is 5.90. The highest BCUT2D eigenvalue weighted by molar-refractivity contribution is 7.10. The number of primary amides is 1. The van der Waals surface area contributed by atoms with Gasteiger partial charge in [-0.3, -0.25) is 4.79 Å². The normalized spacial score (nSPS) is 17.9. The summed E-state index contributed by atoms with van der Waals surface area (Å²) in [4.78, 5) is 19.0. The lowest BCUT2D eigenvalue weighted by Gasteiger charge is -2.27. The first kappa shape index (κ1) is 14.3. The van der Waals surface area contributed by atoms with Crippen molar-refractivity contribution in [3.8, 4) is 0 Å². The maximum Gasteiger partial charge on any atom is 0.249 e. The van der Waals surface area contributed by atoms with Crippen molar-refractivity contribution in [1.82, 2.24) is 14.5 Å². The minimum Gasteiger partial charge on any atom is -0.366 e. The quantitative estimate of drug-likeness (QED) is 0.915. The summed E-state index contributed by atoms with van der Waals surface area (Å²) in [5.74, 6) is 1.52. The summed E-state index contributed by atoms with van der Waals surface area (Å²) >= 11 is 1.60. The zero-order valence-electron chi connectivity index (χ0n) is 12.2. The molecule has 0 radical (unpaired) electrons. The van der Waals surface area contributed by atoms with Crippen LogP contribution in [0.4, 0.5) is 0 Å². The number of aryl methyl sites for hydroxylation is 1. The Kier molecular flexibility index (Phi) is 4.07. The third kappa shape index (κ3) is 3.33. The topological polar surface area (TPSA) is 64.2 Å². The number of thiophene rings is 1. The van der Waals surface area contributed by atoms with E-state index in [0.717, 1.165) is 26.1 Å². The summed E-state index contributed by atoms with van der Waals surface area (Å²) in [6.45, 7) is 2.98. The molecule has 3 rings (SSSR count). The molecule has 0 spiro atoms. The largest absolute Gasteiger partial charge is 0.366 e. The molecular formula is C15H20N4OS. The number of rotatable bonds is 5. The zero-order chi connectivity index (χ0) is 14.8. The Labute approximate surface area is 128 Å². The highest BCUT2D eigenvalue weighted by Gasteiger charge is 2.20. The molecular weight excluding hydrogens is 284 g/mol. The molecule has 112 valence electrons. The van der Waals surface area contributed by atoms with Crippen LogP contribution in [0.3, 0.4) is 0 Å². The molecule has 1 atom stereocenters. The molecule has 1 aliphatic rings. The molecule has 0 aliphatic carbocycles. The molecule has 2 aromatic rings. The lowest BCUT2D eigenvalue weighted by molar-refractivity contribution is 0.100. The van der Waals surface area contributed by atoms with Crippen LogP contribution in [-0.4, -0.2) is 34.0 Å². The number of imidazole rings is 1. The zero-order valence-corrected chi connectivity index (χ0v) is 13.0. The van der Waals surface area contributed by atoms with Crippen LogP contribution in [0, 0.1) is 5.92 Å². The molecule has 0 fully saturated rings. The van der Waals surface area contributed by atoms with Gasteiger partial charge in [0.25, 0.3) is 0 Å².